The van der Waals surface area contributed by atoms with Crippen molar-refractivity contribution in [3.63, 3.8) is 0 Å². The maximum Gasteiger partial charge on any atom is 0.225 e. The van der Waals surface area contributed by atoms with Crippen LogP contribution in [-0.4, -0.2) is 26.1 Å². The predicted octanol–water partition coefficient (Wildman–Crippen LogP) is 3.47. The van der Waals surface area contributed by atoms with Crippen LogP contribution >= 0.6 is 39.9 Å². The average Bonchev–Trinajstić information content (AvgIpc) is 2.31. The van der Waals surface area contributed by atoms with Crippen molar-refractivity contribution in [3.8, 4) is 5.75 Å². The molecule has 0 spiro atoms. The molecular weight excluding hydrogens is 355 g/mol. The fourth-order valence-corrected chi connectivity index (χ4v) is 2.32. The van der Waals surface area contributed by atoms with E-state index in [0.29, 0.717) is 36.0 Å². The van der Waals surface area contributed by atoms with Crippen LogP contribution in [0.5, 0.6) is 5.75 Å². The third-order valence-corrected chi connectivity index (χ3v) is 2.98. The number of anilines is 1. The minimum atomic E-state index is -0.0838. The number of ether oxygens (including phenoxy) is 1. The number of benzene rings is 1. The summed E-state index contributed by atoms with van der Waals surface area (Å²) in [7, 11) is 1.80. The van der Waals surface area contributed by atoms with E-state index < -0.39 is 0 Å². The van der Waals surface area contributed by atoms with Gasteiger partial charge in [0.15, 0.2) is 5.75 Å². The summed E-state index contributed by atoms with van der Waals surface area (Å²) in [5, 5.41) is 6.25. The number of hydrogen-bond donors (Lipinski definition) is 2. The summed E-state index contributed by atoms with van der Waals surface area (Å²) < 4.78 is 6.22. The monoisotopic (exact) mass is 370 g/mol. The SMILES string of the molecule is CCOc1c(Br)cc(Cl)cc1NC(=O)CCNC.Cl. The second-order valence-electron chi connectivity index (χ2n) is 3.60. The first-order valence-corrected chi connectivity index (χ1v) is 6.81. The van der Waals surface area contributed by atoms with Crippen molar-refractivity contribution in [1.29, 1.82) is 0 Å². The summed E-state index contributed by atoms with van der Waals surface area (Å²) in [5.74, 6) is 0.513. The lowest BCUT2D eigenvalue weighted by molar-refractivity contribution is -0.116. The molecule has 4 nitrogen and oxygen atoms in total. The third-order valence-electron chi connectivity index (χ3n) is 2.17. The van der Waals surface area contributed by atoms with Crippen molar-refractivity contribution in [3.05, 3.63) is 21.6 Å². The number of halogens is 3. The van der Waals surface area contributed by atoms with Crippen molar-refractivity contribution >= 4 is 51.5 Å². The summed E-state index contributed by atoms with van der Waals surface area (Å²) in [6.45, 7) is 3.02. The van der Waals surface area contributed by atoms with Crippen LogP contribution in [0, 0.1) is 0 Å². The van der Waals surface area contributed by atoms with Gasteiger partial charge < -0.3 is 15.4 Å². The first kappa shape index (κ1) is 18.5. The smallest absolute Gasteiger partial charge is 0.225 e. The van der Waals surface area contributed by atoms with Gasteiger partial charge >= 0.3 is 0 Å². The molecule has 1 amide bonds. The van der Waals surface area contributed by atoms with Crippen LogP contribution in [0.1, 0.15) is 13.3 Å². The fourth-order valence-electron chi connectivity index (χ4n) is 1.40. The van der Waals surface area contributed by atoms with Crippen molar-refractivity contribution in [1.82, 2.24) is 5.32 Å². The first-order chi connectivity index (χ1) is 8.58. The Kier molecular flexibility index (Phi) is 9.18. The maximum atomic E-state index is 11.7. The number of amides is 1. The van der Waals surface area contributed by atoms with Crippen LogP contribution in [0.2, 0.25) is 5.02 Å². The molecule has 0 atom stereocenters. The molecular formula is C12H17BrCl2N2O2. The van der Waals surface area contributed by atoms with E-state index in [0.717, 1.165) is 4.47 Å². The molecule has 0 fully saturated rings. The maximum absolute atomic E-state index is 11.7. The zero-order valence-electron chi connectivity index (χ0n) is 10.8. The molecule has 0 radical (unpaired) electrons. The van der Waals surface area contributed by atoms with E-state index in [4.69, 9.17) is 16.3 Å². The van der Waals surface area contributed by atoms with Gasteiger partial charge in [0.2, 0.25) is 5.91 Å². The molecule has 0 bridgehead atoms. The lowest BCUT2D eigenvalue weighted by Gasteiger charge is -2.13. The van der Waals surface area contributed by atoms with Gasteiger partial charge in [0, 0.05) is 18.0 Å². The van der Waals surface area contributed by atoms with Gasteiger partial charge in [0.05, 0.1) is 16.8 Å². The zero-order chi connectivity index (χ0) is 13.5. The highest BCUT2D eigenvalue weighted by Gasteiger charge is 2.12. The summed E-state index contributed by atoms with van der Waals surface area (Å²) in [5.41, 5.74) is 0.581. The van der Waals surface area contributed by atoms with Crippen LogP contribution in [-0.2, 0) is 4.79 Å². The molecule has 0 aliphatic carbocycles. The first-order valence-electron chi connectivity index (χ1n) is 5.64. The van der Waals surface area contributed by atoms with Crippen molar-refractivity contribution in [2.45, 2.75) is 13.3 Å². The number of carbonyl (C=O) groups is 1. The molecule has 108 valence electrons. The number of carbonyl (C=O) groups excluding carboxylic acids is 1. The number of nitrogens with one attached hydrogen (secondary N) is 2. The number of rotatable bonds is 6. The van der Waals surface area contributed by atoms with Gasteiger partial charge in [0.25, 0.3) is 0 Å². The van der Waals surface area contributed by atoms with Gasteiger partial charge in [-0.1, -0.05) is 11.6 Å². The molecule has 19 heavy (non-hydrogen) atoms. The molecule has 0 aliphatic rings. The highest BCUT2D eigenvalue weighted by Crippen LogP contribution is 2.36. The normalized spacial score (nSPS) is 9.68. The Bertz CT molecular complexity index is 430. The largest absolute Gasteiger partial charge is 0.491 e. The fraction of sp³-hybridized carbons (Fsp3) is 0.417. The minimum Gasteiger partial charge on any atom is -0.491 e. The van der Waals surface area contributed by atoms with Crippen LogP contribution in [0.15, 0.2) is 16.6 Å². The van der Waals surface area contributed by atoms with Crippen molar-refractivity contribution in [2.75, 3.05) is 25.5 Å². The molecule has 1 aromatic carbocycles. The molecule has 2 N–H and O–H groups in total. The van der Waals surface area contributed by atoms with Crippen LogP contribution in [0.25, 0.3) is 0 Å². The lowest BCUT2D eigenvalue weighted by Crippen LogP contribution is -2.19. The molecule has 0 saturated carbocycles. The molecule has 1 aromatic rings. The molecule has 0 unspecified atom stereocenters. The standard InChI is InChI=1S/C12H16BrClN2O2.ClH/c1-3-18-12-9(13)6-8(14)7-10(12)16-11(17)4-5-15-2;/h6-7,15H,3-5H2,1-2H3,(H,16,17);1H. The predicted molar refractivity (Wildman–Crippen MR) is 84.7 cm³/mol. The summed E-state index contributed by atoms with van der Waals surface area (Å²) >= 11 is 9.33. The summed E-state index contributed by atoms with van der Waals surface area (Å²) in [4.78, 5) is 11.7. The van der Waals surface area contributed by atoms with Gasteiger partial charge in [-0.15, -0.1) is 12.4 Å². The van der Waals surface area contributed by atoms with E-state index in [-0.39, 0.29) is 18.3 Å². The third kappa shape index (κ3) is 5.99. The second kappa shape index (κ2) is 9.42. The van der Waals surface area contributed by atoms with Crippen molar-refractivity contribution < 1.29 is 9.53 Å². The summed E-state index contributed by atoms with van der Waals surface area (Å²) in [6.07, 6.45) is 0.395. The zero-order valence-corrected chi connectivity index (χ0v) is 13.9. The van der Waals surface area contributed by atoms with E-state index in [1.165, 1.54) is 0 Å². The quantitative estimate of drug-likeness (QED) is 0.804. The Balaban J connectivity index is 0.00000324. The number of hydrogen-bond acceptors (Lipinski definition) is 3. The highest BCUT2D eigenvalue weighted by atomic mass is 79.9. The summed E-state index contributed by atoms with van der Waals surface area (Å²) in [6, 6.07) is 3.41. The average molecular weight is 372 g/mol. The Morgan fingerprint density at radius 1 is 1.47 bits per heavy atom. The van der Waals surface area contributed by atoms with Gasteiger partial charge in [-0.25, -0.2) is 0 Å². The van der Waals surface area contributed by atoms with E-state index in [9.17, 15) is 4.79 Å². The topological polar surface area (TPSA) is 50.4 Å². The highest BCUT2D eigenvalue weighted by molar-refractivity contribution is 9.10. The Hall–Kier alpha value is -0.490. The lowest BCUT2D eigenvalue weighted by atomic mass is 10.2. The molecule has 0 aromatic heterocycles. The molecule has 0 heterocycles. The van der Waals surface area contributed by atoms with Crippen LogP contribution in [0.3, 0.4) is 0 Å². The van der Waals surface area contributed by atoms with Gasteiger partial charge in [-0.2, -0.15) is 0 Å². The molecule has 1 rings (SSSR count). The van der Waals surface area contributed by atoms with Gasteiger partial charge in [-0.05, 0) is 42.0 Å². The van der Waals surface area contributed by atoms with E-state index >= 15 is 0 Å². The second-order valence-corrected chi connectivity index (χ2v) is 4.89. The minimum absolute atomic E-state index is 0. The van der Waals surface area contributed by atoms with Gasteiger partial charge in [0.1, 0.15) is 0 Å². The molecule has 7 heteroatoms. The van der Waals surface area contributed by atoms with Crippen LogP contribution in [0.4, 0.5) is 5.69 Å². The van der Waals surface area contributed by atoms with Crippen molar-refractivity contribution in [2.24, 2.45) is 0 Å². The molecule has 0 saturated heterocycles. The van der Waals surface area contributed by atoms with E-state index in [1.54, 1.807) is 19.2 Å². The van der Waals surface area contributed by atoms with Crippen LogP contribution < -0.4 is 15.4 Å². The van der Waals surface area contributed by atoms with Gasteiger partial charge in [-0.3, -0.25) is 4.79 Å². The van der Waals surface area contributed by atoms with E-state index in [1.807, 2.05) is 6.92 Å². The Morgan fingerprint density at radius 3 is 2.74 bits per heavy atom. The Labute approximate surface area is 132 Å². The van der Waals surface area contributed by atoms with E-state index in [2.05, 4.69) is 26.6 Å². The Morgan fingerprint density at radius 2 is 2.16 bits per heavy atom. The molecule has 0 aliphatic heterocycles.